The van der Waals surface area contributed by atoms with Gasteiger partial charge in [0.1, 0.15) is 6.73 Å². The summed E-state index contributed by atoms with van der Waals surface area (Å²) in [4.78, 5) is 12.8. The largest absolute Gasteiger partial charge is 0.452 e. The zero-order valence-electron chi connectivity index (χ0n) is 7.90. The zero-order valence-corrected chi connectivity index (χ0v) is 7.90. The molecule has 1 amide bonds. The molecular weight excluding hydrogens is 182 g/mol. The van der Waals surface area contributed by atoms with Crippen LogP contribution < -0.4 is 4.90 Å². The number of para-hydroxylation sites is 1. The molecule has 0 spiro atoms. The Morgan fingerprint density at radius 2 is 2.29 bits per heavy atom. The minimum absolute atomic E-state index is 0.254. The molecule has 1 heterocycles. The van der Waals surface area contributed by atoms with Gasteiger partial charge in [-0.2, -0.15) is 0 Å². The summed E-state index contributed by atoms with van der Waals surface area (Å²) in [6, 6.07) is 7.63. The number of anilines is 1. The summed E-state index contributed by atoms with van der Waals surface area (Å²) < 4.78 is 9.91. The van der Waals surface area contributed by atoms with Crippen molar-refractivity contribution in [2.75, 3.05) is 18.7 Å². The van der Waals surface area contributed by atoms with Gasteiger partial charge in [-0.3, -0.25) is 4.90 Å². The molecule has 0 radical (unpaired) electrons. The highest BCUT2D eigenvalue weighted by Crippen LogP contribution is 2.25. The first-order chi connectivity index (χ1) is 6.83. The molecule has 2 rings (SSSR count). The molecular formula is C10H11NO3. The Bertz CT molecular complexity index is 351. The summed E-state index contributed by atoms with van der Waals surface area (Å²) in [5, 5.41) is 0. The molecule has 0 saturated heterocycles. The van der Waals surface area contributed by atoms with Crippen molar-refractivity contribution in [3.63, 3.8) is 0 Å². The first-order valence-electron chi connectivity index (χ1n) is 4.34. The van der Waals surface area contributed by atoms with Crippen molar-refractivity contribution in [2.45, 2.75) is 6.61 Å². The predicted octanol–water partition coefficient (Wildman–Crippen LogP) is 1.75. The smallest absolute Gasteiger partial charge is 0.415 e. The lowest BCUT2D eigenvalue weighted by Gasteiger charge is -2.27. The quantitative estimate of drug-likeness (QED) is 0.630. The van der Waals surface area contributed by atoms with Crippen LogP contribution in [0.2, 0.25) is 0 Å². The lowest BCUT2D eigenvalue weighted by atomic mass is 10.1. The second-order valence-electron chi connectivity index (χ2n) is 3.00. The summed E-state index contributed by atoms with van der Waals surface area (Å²) >= 11 is 0. The van der Waals surface area contributed by atoms with Crippen LogP contribution in [0.1, 0.15) is 5.56 Å². The van der Waals surface area contributed by atoms with Crippen molar-refractivity contribution in [3.05, 3.63) is 29.8 Å². The van der Waals surface area contributed by atoms with E-state index in [9.17, 15) is 4.79 Å². The van der Waals surface area contributed by atoms with Gasteiger partial charge < -0.3 is 9.47 Å². The molecule has 0 bridgehead atoms. The number of carbonyl (C=O) groups excluding carboxylic acids is 1. The van der Waals surface area contributed by atoms with Crippen LogP contribution in [0.5, 0.6) is 0 Å². The van der Waals surface area contributed by atoms with Gasteiger partial charge in [-0.15, -0.1) is 0 Å². The van der Waals surface area contributed by atoms with Crippen LogP contribution in [0.3, 0.4) is 0 Å². The topological polar surface area (TPSA) is 38.8 Å². The van der Waals surface area contributed by atoms with E-state index in [1.807, 2.05) is 24.3 Å². The fourth-order valence-corrected chi connectivity index (χ4v) is 1.47. The Kier molecular flexibility index (Phi) is 2.37. The second-order valence-corrected chi connectivity index (χ2v) is 3.00. The fourth-order valence-electron chi connectivity index (χ4n) is 1.47. The van der Waals surface area contributed by atoms with Crippen molar-refractivity contribution in [2.24, 2.45) is 0 Å². The number of nitrogens with zero attached hydrogens (tertiary/aromatic N) is 1. The minimum atomic E-state index is -0.392. The summed E-state index contributed by atoms with van der Waals surface area (Å²) in [7, 11) is 1.36. The van der Waals surface area contributed by atoms with Crippen LogP contribution >= 0.6 is 0 Å². The second kappa shape index (κ2) is 3.67. The Morgan fingerprint density at radius 1 is 1.50 bits per heavy atom. The molecule has 0 aliphatic carbocycles. The predicted molar refractivity (Wildman–Crippen MR) is 51.0 cm³/mol. The van der Waals surface area contributed by atoms with Gasteiger partial charge in [0.05, 0.1) is 19.4 Å². The molecule has 0 saturated carbocycles. The van der Waals surface area contributed by atoms with Crippen molar-refractivity contribution < 1.29 is 14.3 Å². The normalized spacial score (nSPS) is 14.8. The molecule has 0 N–H and O–H groups in total. The highest BCUT2D eigenvalue weighted by Gasteiger charge is 2.22. The summed E-state index contributed by atoms with van der Waals surface area (Å²) in [5.41, 5.74) is 1.87. The van der Waals surface area contributed by atoms with Gasteiger partial charge >= 0.3 is 6.09 Å². The van der Waals surface area contributed by atoms with Gasteiger partial charge in [0.15, 0.2) is 0 Å². The van der Waals surface area contributed by atoms with Crippen molar-refractivity contribution in [1.82, 2.24) is 0 Å². The van der Waals surface area contributed by atoms with E-state index in [0.29, 0.717) is 6.61 Å². The van der Waals surface area contributed by atoms with E-state index in [-0.39, 0.29) is 6.73 Å². The van der Waals surface area contributed by atoms with Crippen molar-refractivity contribution in [1.29, 1.82) is 0 Å². The van der Waals surface area contributed by atoms with E-state index in [0.717, 1.165) is 11.3 Å². The van der Waals surface area contributed by atoms with Crippen LogP contribution in [-0.4, -0.2) is 19.9 Å². The zero-order chi connectivity index (χ0) is 9.97. The van der Waals surface area contributed by atoms with Crippen molar-refractivity contribution in [3.8, 4) is 0 Å². The molecule has 1 aliphatic rings. The van der Waals surface area contributed by atoms with Gasteiger partial charge in [-0.1, -0.05) is 18.2 Å². The van der Waals surface area contributed by atoms with E-state index >= 15 is 0 Å². The lowest BCUT2D eigenvalue weighted by molar-refractivity contribution is 0.101. The van der Waals surface area contributed by atoms with E-state index < -0.39 is 6.09 Å². The standard InChI is InChI=1S/C10H11NO3/c1-13-10(12)11-7-14-6-8-4-2-3-5-9(8)11/h2-5H,6-7H2,1H3. The number of carbonyl (C=O) groups is 1. The van der Waals surface area contributed by atoms with Crippen LogP contribution in [-0.2, 0) is 16.1 Å². The number of ether oxygens (including phenoxy) is 2. The molecule has 1 aromatic rings. The van der Waals surface area contributed by atoms with E-state index in [4.69, 9.17) is 4.74 Å². The fraction of sp³-hybridized carbons (Fsp3) is 0.300. The molecule has 1 aromatic carbocycles. The number of fused-ring (bicyclic) bond motifs is 1. The molecule has 0 atom stereocenters. The SMILES string of the molecule is COC(=O)N1COCc2ccccc21. The Morgan fingerprint density at radius 3 is 3.07 bits per heavy atom. The van der Waals surface area contributed by atoms with Crippen LogP contribution in [0.15, 0.2) is 24.3 Å². The molecule has 14 heavy (non-hydrogen) atoms. The van der Waals surface area contributed by atoms with Crippen LogP contribution in [0.25, 0.3) is 0 Å². The maximum atomic E-state index is 11.4. The van der Waals surface area contributed by atoms with Crippen molar-refractivity contribution >= 4 is 11.8 Å². The Hall–Kier alpha value is -1.55. The van der Waals surface area contributed by atoms with E-state index in [2.05, 4.69) is 4.74 Å². The maximum Gasteiger partial charge on any atom is 0.415 e. The number of hydrogen-bond donors (Lipinski definition) is 0. The lowest BCUT2D eigenvalue weighted by Crippen LogP contribution is -2.36. The van der Waals surface area contributed by atoms with Gasteiger partial charge in [0.25, 0.3) is 0 Å². The van der Waals surface area contributed by atoms with Crippen LogP contribution in [0, 0.1) is 0 Å². The Balaban J connectivity index is 2.35. The first kappa shape index (κ1) is 9.02. The average Bonchev–Trinajstić information content (AvgIpc) is 2.27. The van der Waals surface area contributed by atoms with Crippen LogP contribution in [0.4, 0.5) is 10.5 Å². The molecule has 0 unspecified atom stereocenters. The third-order valence-electron chi connectivity index (χ3n) is 2.16. The monoisotopic (exact) mass is 193 g/mol. The number of amides is 1. The summed E-state index contributed by atoms with van der Waals surface area (Å²) in [5.74, 6) is 0. The molecule has 1 aliphatic heterocycles. The van der Waals surface area contributed by atoms with Gasteiger partial charge in [0.2, 0.25) is 0 Å². The van der Waals surface area contributed by atoms with Gasteiger partial charge in [0, 0.05) is 5.56 Å². The third-order valence-corrected chi connectivity index (χ3v) is 2.16. The Labute approximate surface area is 82.0 Å². The minimum Gasteiger partial charge on any atom is -0.452 e. The van der Waals surface area contributed by atoms with Gasteiger partial charge in [-0.25, -0.2) is 4.79 Å². The molecule has 0 fully saturated rings. The summed E-state index contributed by atoms with van der Waals surface area (Å²) in [6.07, 6.45) is -0.392. The number of methoxy groups -OCH3 is 1. The molecule has 4 nitrogen and oxygen atoms in total. The first-order valence-corrected chi connectivity index (χ1v) is 4.34. The summed E-state index contributed by atoms with van der Waals surface area (Å²) in [6.45, 7) is 0.799. The average molecular weight is 193 g/mol. The number of hydrogen-bond acceptors (Lipinski definition) is 3. The molecule has 4 heteroatoms. The molecule has 0 aromatic heterocycles. The highest BCUT2D eigenvalue weighted by molar-refractivity contribution is 5.88. The number of rotatable bonds is 0. The maximum absolute atomic E-state index is 11.4. The third kappa shape index (κ3) is 1.44. The number of benzene rings is 1. The van der Waals surface area contributed by atoms with Gasteiger partial charge in [-0.05, 0) is 6.07 Å². The van der Waals surface area contributed by atoms with E-state index in [1.165, 1.54) is 12.0 Å². The molecule has 74 valence electrons. The van der Waals surface area contributed by atoms with E-state index in [1.54, 1.807) is 0 Å². The highest BCUT2D eigenvalue weighted by atomic mass is 16.6.